The highest BCUT2D eigenvalue weighted by Gasteiger charge is 2.12. The minimum absolute atomic E-state index is 0.664. The molecule has 25 heavy (non-hydrogen) atoms. The van der Waals surface area contributed by atoms with Gasteiger partial charge in [0.15, 0.2) is 10.8 Å². The molecule has 0 spiro atoms. The number of hydrogen-bond donors (Lipinski definition) is 1. The summed E-state index contributed by atoms with van der Waals surface area (Å²) < 4.78 is 1.69. The zero-order valence-corrected chi connectivity index (χ0v) is 14.7. The van der Waals surface area contributed by atoms with Gasteiger partial charge in [-0.15, -0.1) is 21.5 Å². The van der Waals surface area contributed by atoms with Gasteiger partial charge in [-0.05, 0) is 25.5 Å². The van der Waals surface area contributed by atoms with Crippen molar-refractivity contribution in [3.05, 3.63) is 47.1 Å². The summed E-state index contributed by atoms with van der Waals surface area (Å²) in [5, 5.41) is 18.8. The number of nitrogens with one attached hydrogen (secondary N) is 1. The van der Waals surface area contributed by atoms with E-state index in [1.54, 1.807) is 40.6 Å². The third-order valence-corrected chi connectivity index (χ3v) is 4.81. The molecular weight excluding hydrogens is 336 g/mol. The quantitative estimate of drug-likeness (QED) is 0.589. The van der Waals surface area contributed by atoms with Crippen molar-refractivity contribution in [2.45, 2.75) is 20.3 Å². The fourth-order valence-electron chi connectivity index (χ4n) is 2.51. The molecule has 0 amide bonds. The molecule has 4 rings (SSSR count). The van der Waals surface area contributed by atoms with Gasteiger partial charge in [-0.2, -0.15) is 9.61 Å². The number of aryl methyl sites for hydroxylation is 1. The van der Waals surface area contributed by atoms with Gasteiger partial charge in [-0.3, -0.25) is 0 Å². The second kappa shape index (κ2) is 6.52. The standard InChI is InChI=1S/C16H16N8S/c1-10-11(2)23-24-9-20-22-15(24)13(10)17-7-4-12-8-25-16(21-12)14-18-5-3-6-19-14/h3,5-6,8-9,17H,4,7H2,1-2H3. The lowest BCUT2D eigenvalue weighted by Crippen LogP contribution is -2.10. The molecule has 0 unspecified atom stereocenters. The third-order valence-electron chi connectivity index (χ3n) is 3.92. The second-order valence-corrected chi connectivity index (χ2v) is 6.44. The second-order valence-electron chi connectivity index (χ2n) is 5.58. The van der Waals surface area contributed by atoms with E-state index in [9.17, 15) is 0 Å². The van der Waals surface area contributed by atoms with E-state index in [2.05, 4.69) is 35.6 Å². The van der Waals surface area contributed by atoms with Crippen molar-refractivity contribution in [3.63, 3.8) is 0 Å². The van der Waals surface area contributed by atoms with Gasteiger partial charge in [0.05, 0.1) is 17.1 Å². The first kappa shape index (κ1) is 15.6. The van der Waals surface area contributed by atoms with Crippen LogP contribution in [0.1, 0.15) is 17.0 Å². The Hall–Kier alpha value is -2.94. The molecule has 126 valence electrons. The van der Waals surface area contributed by atoms with Gasteiger partial charge < -0.3 is 5.32 Å². The number of rotatable bonds is 5. The molecule has 0 aliphatic rings. The summed E-state index contributed by atoms with van der Waals surface area (Å²) in [5.74, 6) is 0.664. The van der Waals surface area contributed by atoms with Crippen molar-refractivity contribution in [2.75, 3.05) is 11.9 Å². The Morgan fingerprint density at radius 1 is 1.20 bits per heavy atom. The molecule has 0 fully saturated rings. The summed E-state index contributed by atoms with van der Waals surface area (Å²) in [6.07, 6.45) is 5.86. The third kappa shape index (κ3) is 3.05. The van der Waals surface area contributed by atoms with E-state index in [0.29, 0.717) is 5.82 Å². The highest BCUT2D eigenvalue weighted by molar-refractivity contribution is 7.13. The number of hydrogen-bond acceptors (Lipinski definition) is 8. The van der Waals surface area contributed by atoms with Crippen molar-refractivity contribution in [1.29, 1.82) is 0 Å². The van der Waals surface area contributed by atoms with Crippen LogP contribution in [0, 0.1) is 13.8 Å². The van der Waals surface area contributed by atoms with E-state index in [1.807, 2.05) is 19.2 Å². The summed E-state index contributed by atoms with van der Waals surface area (Å²) in [4.78, 5) is 13.1. The average Bonchev–Trinajstić information content (AvgIpc) is 3.28. The van der Waals surface area contributed by atoms with Crippen molar-refractivity contribution in [2.24, 2.45) is 0 Å². The molecule has 8 nitrogen and oxygen atoms in total. The highest BCUT2D eigenvalue weighted by Crippen LogP contribution is 2.22. The van der Waals surface area contributed by atoms with E-state index in [0.717, 1.165) is 46.3 Å². The maximum Gasteiger partial charge on any atom is 0.200 e. The molecular formula is C16H16N8S. The van der Waals surface area contributed by atoms with Crippen LogP contribution in [-0.2, 0) is 6.42 Å². The van der Waals surface area contributed by atoms with Crippen molar-refractivity contribution >= 4 is 22.7 Å². The zero-order chi connectivity index (χ0) is 17.2. The average molecular weight is 352 g/mol. The lowest BCUT2D eigenvalue weighted by molar-refractivity contribution is 0.879. The van der Waals surface area contributed by atoms with Crippen LogP contribution in [0.3, 0.4) is 0 Å². The molecule has 0 radical (unpaired) electrons. The Morgan fingerprint density at radius 2 is 2.04 bits per heavy atom. The summed E-state index contributed by atoms with van der Waals surface area (Å²) in [6, 6.07) is 1.80. The van der Waals surface area contributed by atoms with Crippen molar-refractivity contribution in [3.8, 4) is 10.8 Å². The zero-order valence-electron chi connectivity index (χ0n) is 13.8. The molecule has 0 aliphatic carbocycles. The maximum atomic E-state index is 4.61. The lowest BCUT2D eigenvalue weighted by Gasteiger charge is -2.11. The van der Waals surface area contributed by atoms with Crippen LogP contribution in [0.2, 0.25) is 0 Å². The molecule has 0 saturated carbocycles. The normalized spacial score (nSPS) is 11.1. The predicted octanol–water partition coefficient (Wildman–Crippen LogP) is 2.31. The van der Waals surface area contributed by atoms with Gasteiger partial charge in [0, 0.05) is 30.7 Å². The Labute approximate surface area is 148 Å². The van der Waals surface area contributed by atoms with Gasteiger partial charge in [0.2, 0.25) is 5.65 Å². The molecule has 0 aliphatic heterocycles. The van der Waals surface area contributed by atoms with Crippen LogP contribution in [-0.4, -0.2) is 41.3 Å². The fourth-order valence-corrected chi connectivity index (χ4v) is 3.31. The molecule has 4 heterocycles. The lowest BCUT2D eigenvalue weighted by atomic mass is 10.2. The van der Waals surface area contributed by atoms with Gasteiger partial charge in [0.1, 0.15) is 6.33 Å². The van der Waals surface area contributed by atoms with Crippen LogP contribution in [0.4, 0.5) is 5.69 Å². The van der Waals surface area contributed by atoms with Crippen molar-refractivity contribution in [1.82, 2.24) is 34.8 Å². The monoisotopic (exact) mass is 352 g/mol. The van der Waals surface area contributed by atoms with Crippen LogP contribution in [0.25, 0.3) is 16.5 Å². The van der Waals surface area contributed by atoms with Gasteiger partial charge in [-0.25, -0.2) is 15.0 Å². The smallest absolute Gasteiger partial charge is 0.200 e. The number of fused-ring (bicyclic) bond motifs is 1. The first-order valence-corrected chi connectivity index (χ1v) is 8.73. The molecule has 1 N–H and O–H groups in total. The summed E-state index contributed by atoms with van der Waals surface area (Å²) in [6.45, 7) is 4.76. The highest BCUT2D eigenvalue weighted by atomic mass is 32.1. The first-order chi connectivity index (χ1) is 12.2. The molecule has 4 aromatic heterocycles. The van der Waals surface area contributed by atoms with Crippen LogP contribution >= 0.6 is 11.3 Å². The van der Waals surface area contributed by atoms with E-state index < -0.39 is 0 Å². The fraction of sp³-hybridized carbons (Fsp3) is 0.250. The van der Waals surface area contributed by atoms with E-state index in [4.69, 9.17) is 0 Å². The minimum Gasteiger partial charge on any atom is -0.381 e. The van der Waals surface area contributed by atoms with E-state index in [1.165, 1.54) is 0 Å². The molecule has 0 aromatic carbocycles. The number of anilines is 1. The molecule has 9 heteroatoms. The Morgan fingerprint density at radius 3 is 2.88 bits per heavy atom. The molecule has 4 aromatic rings. The van der Waals surface area contributed by atoms with E-state index in [-0.39, 0.29) is 0 Å². The van der Waals surface area contributed by atoms with Gasteiger partial charge in [0.25, 0.3) is 0 Å². The van der Waals surface area contributed by atoms with Gasteiger partial charge in [-0.1, -0.05) is 0 Å². The number of thiazole rings is 1. The van der Waals surface area contributed by atoms with Crippen LogP contribution < -0.4 is 5.32 Å². The predicted molar refractivity (Wildman–Crippen MR) is 95.6 cm³/mol. The van der Waals surface area contributed by atoms with Crippen molar-refractivity contribution < 1.29 is 0 Å². The molecule has 0 atom stereocenters. The molecule has 0 saturated heterocycles. The first-order valence-electron chi connectivity index (χ1n) is 7.85. The summed E-state index contributed by atoms with van der Waals surface area (Å²) in [5.41, 5.74) is 4.75. The summed E-state index contributed by atoms with van der Waals surface area (Å²) in [7, 11) is 0. The Bertz CT molecular complexity index is 1010. The number of aromatic nitrogens is 7. The van der Waals surface area contributed by atoms with Crippen LogP contribution in [0.15, 0.2) is 30.2 Å². The maximum absolute atomic E-state index is 4.61. The van der Waals surface area contributed by atoms with E-state index >= 15 is 0 Å². The topological polar surface area (TPSA) is 93.8 Å². The Balaban J connectivity index is 1.48. The SMILES string of the molecule is Cc1nn2cnnc2c(NCCc2csc(-c3ncccn3)n2)c1C. The van der Waals surface area contributed by atoms with Gasteiger partial charge >= 0.3 is 0 Å². The van der Waals surface area contributed by atoms with Crippen LogP contribution in [0.5, 0.6) is 0 Å². The minimum atomic E-state index is 0.664. The Kier molecular flexibility index (Phi) is 4.06. The largest absolute Gasteiger partial charge is 0.381 e. The summed E-state index contributed by atoms with van der Waals surface area (Å²) >= 11 is 1.56. The number of nitrogens with zero attached hydrogens (tertiary/aromatic N) is 7. The molecule has 0 bridgehead atoms.